The Morgan fingerprint density at radius 1 is 1.06 bits per heavy atom. The molecule has 0 bridgehead atoms. The number of fused-ring (bicyclic) bond motifs is 6. The zero-order chi connectivity index (χ0) is 33.5. The highest BCUT2D eigenvalue weighted by molar-refractivity contribution is 6.12. The van der Waals surface area contributed by atoms with Gasteiger partial charge in [0.25, 0.3) is 5.56 Å². The predicted molar refractivity (Wildman–Crippen MR) is 177 cm³/mol. The van der Waals surface area contributed by atoms with Crippen molar-refractivity contribution in [3.05, 3.63) is 88.1 Å². The van der Waals surface area contributed by atoms with Crippen LogP contribution in [0.5, 0.6) is 0 Å². The molecule has 3 aromatic heterocycles. The van der Waals surface area contributed by atoms with Crippen LogP contribution in [0.1, 0.15) is 43.5 Å². The zero-order valence-electron chi connectivity index (χ0n) is 26.6. The summed E-state index contributed by atoms with van der Waals surface area (Å²) in [5, 5.41) is 10.3. The second-order valence-electron chi connectivity index (χ2n) is 12.6. The normalized spacial score (nSPS) is 17.7. The summed E-state index contributed by atoms with van der Waals surface area (Å²) >= 11 is 0. The minimum Gasteiger partial charge on any atom is -0.354 e. The van der Waals surface area contributed by atoms with Gasteiger partial charge in [0.1, 0.15) is 17.5 Å². The number of amides is 2. The van der Waals surface area contributed by atoms with Gasteiger partial charge in [-0.25, -0.2) is 8.78 Å². The van der Waals surface area contributed by atoms with Gasteiger partial charge in [-0.1, -0.05) is 26.5 Å². The molecule has 0 aliphatic carbocycles. The standard InChI is InChI=1S/C35H33F2N7O3/c1-7-25(45)42-15-24-34(46)40-30-33(43(24)14-19(42)6)20-12-22(36)27(26-17(4)8-9-23-21(26)13-39-41-23)28(37)32(20)44(35(30)47)31-18(5)10-11-38-29(31)16(2)3/h7-13,16,19,24H,1,14-15H2,2-6H3,(H,39,41)(H,40,46). The molecule has 5 heterocycles. The lowest BCUT2D eigenvalue weighted by Crippen LogP contribution is -2.64. The Bertz CT molecular complexity index is 2240. The summed E-state index contributed by atoms with van der Waals surface area (Å²) in [6.45, 7) is 12.9. The van der Waals surface area contributed by atoms with Crippen molar-refractivity contribution in [2.75, 3.05) is 23.3 Å². The Kier molecular flexibility index (Phi) is 6.99. The molecular weight excluding hydrogens is 604 g/mol. The highest BCUT2D eigenvalue weighted by Crippen LogP contribution is 2.45. The first-order valence-electron chi connectivity index (χ1n) is 15.4. The van der Waals surface area contributed by atoms with Crippen LogP contribution in [0.4, 0.5) is 20.2 Å². The van der Waals surface area contributed by atoms with Crippen LogP contribution in [0.3, 0.4) is 0 Å². The second-order valence-corrected chi connectivity index (χ2v) is 12.6. The van der Waals surface area contributed by atoms with Crippen molar-refractivity contribution >= 4 is 45.0 Å². The predicted octanol–water partition coefficient (Wildman–Crippen LogP) is 5.49. The number of aromatic amines is 1. The van der Waals surface area contributed by atoms with Gasteiger partial charge in [-0.15, -0.1) is 0 Å². The van der Waals surface area contributed by atoms with Gasteiger partial charge in [-0.3, -0.25) is 29.0 Å². The number of nitrogens with one attached hydrogen (secondary N) is 2. The summed E-state index contributed by atoms with van der Waals surface area (Å²) in [5.41, 5.74) is 2.08. The third kappa shape index (κ3) is 4.38. The van der Waals surface area contributed by atoms with Crippen molar-refractivity contribution in [2.24, 2.45) is 0 Å². The van der Waals surface area contributed by atoms with Crippen LogP contribution in [-0.4, -0.2) is 61.6 Å². The van der Waals surface area contributed by atoms with Crippen LogP contribution in [0, 0.1) is 25.5 Å². The number of benzene rings is 2. The van der Waals surface area contributed by atoms with Crippen molar-refractivity contribution in [1.82, 2.24) is 24.6 Å². The lowest BCUT2D eigenvalue weighted by molar-refractivity contribution is -0.130. The molecule has 1 saturated heterocycles. The zero-order valence-corrected chi connectivity index (χ0v) is 26.6. The lowest BCUT2D eigenvalue weighted by atomic mass is 9.93. The summed E-state index contributed by atoms with van der Waals surface area (Å²) < 4.78 is 35.4. The van der Waals surface area contributed by atoms with Gasteiger partial charge in [-0.05, 0) is 62.1 Å². The van der Waals surface area contributed by atoms with Crippen molar-refractivity contribution in [3.63, 3.8) is 0 Å². The highest BCUT2D eigenvalue weighted by atomic mass is 19.1. The molecule has 12 heteroatoms. The van der Waals surface area contributed by atoms with Crippen molar-refractivity contribution in [3.8, 4) is 16.8 Å². The fraction of sp³-hybridized carbons (Fsp3) is 0.286. The molecule has 0 radical (unpaired) electrons. The average molecular weight is 638 g/mol. The molecule has 2 atom stereocenters. The van der Waals surface area contributed by atoms with Crippen LogP contribution in [-0.2, 0) is 9.59 Å². The van der Waals surface area contributed by atoms with Crippen molar-refractivity contribution < 1.29 is 18.4 Å². The fourth-order valence-electron chi connectivity index (χ4n) is 7.13. The number of aryl methyl sites for hydroxylation is 2. The quantitative estimate of drug-likeness (QED) is 0.252. The summed E-state index contributed by atoms with van der Waals surface area (Å²) in [4.78, 5) is 48.8. The Morgan fingerprint density at radius 3 is 2.55 bits per heavy atom. The summed E-state index contributed by atoms with van der Waals surface area (Å²) in [5.74, 6) is -2.77. The van der Waals surface area contributed by atoms with Gasteiger partial charge >= 0.3 is 0 Å². The van der Waals surface area contributed by atoms with Gasteiger partial charge in [0.05, 0.1) is 46.4 Å². The first-order chi connectivity index (χ1) is 22.4. The largest absolute Gasteiger partial charge is 0.354 e. The maximum atomic E-state index is 17.6. The van der Waals surface area contributed by atoms with Crippen LogP contribution in [0.2, 0.25) is 0 Å². The number of carbonyl (C=O) groups excluding carboxylic acids is 2. The van der Waals surface area contributed by atoms with E-state index in [0.29, 0.717) is 39.0 Å². The monoisotopic (exact) mass is 637 g/mol. The van der Waals surface area contributed by atoms with E-state index in [0.717, 1.165) is 0 Å². The molecule has 2 aliphatic rings. The number of piperazine rings is 1. The highest BCUT2D eigenvalue weighted by Gasteiger charge is 2.44. The molecule has 7 rings (SSSR count). The molecule has 47 heavy (non-hydrogen) atoms. The number of H-pyrrole nitrogens is 1. The summed E-state index contributed by atoms with van der Waals surface area (Å²) in [6.07, 6.45) is 4.34. The maximum Gasteiger partial charge on any atom is 0.281 e. The first-order valence-corrected chi connectivity index (χ1v) is 15.4. The van der Waals surface area contributed by atoms with Gasteiger partial charge in [0.2, 0.25) is 11.8 Å². The number of aromatic nitrogens is 4. The molecule has 10 nitrogen and oxygen atoms in total. The number of carbonyl (C=O) groups is 2. The Hall–Kier alpha value is -5.39. The van der Waals surface area contributed by atoms with Crippen LogP contribution in [0.15, 0.2) is 54.1 Å². The van der Waals surface area contributed by atoms with E-state index >= 15 is 8.78 Å². The van der Waals surface area contributed by atoms with E-state index < -0.39 is 35.2 Å². The number of rotatable bonds is 4. The molecule has 2 N–H and O–H groups in total. The molecular formula is C35H33F2N7O3. The van der Waals surface area contributed by atoms with Gasteiger partial charge in [-0.2, -0.15) is 5.10 Å². The first kappa shape index (κ1) is 30.3. The van der Waals surface area contributed by atoms with Crippen LogP contribution >= 0.6 is 0 Å². The topological polar surface area (TPSA) is 116 Å². The average Bonchev–Trinajstić information content (AvgIpc) is 3.51. The van der Waals surface area contributed by atoms with E-state index in [2.05, 4.69) is 27.1 Å². The molecule has 2 aromatic carbocycles. The van der Waals surface area contributed by atoms with E-state index in [1.807, 2.05) is 20.8 Å². The van der Waals surface area contributed by atoms with Gasteiger partial charge in [0.15, 0.2) is 5.82 Å². The summed E-state index contributed by atoms with van der Waals surface area (Å²) in [7, 11) is 0. The Labute approximate surface area is 268 Å². The minimum absolute atomic E-state index is 0.00577. The van der Waals surface area contributed by atoms with E-state index in [1.165, 1.54) is 27.8 Å². The number of hydrogen-bond acceptors (Lipinski definition) is 6. The number of hydrogen-bond donors (Lipinski definition) is 2. The number of nitrogens with zero attached hydrogens (tertiary/aromatic N) is 5. The van der Waals surface area contributed by atoms with E-state index in [-0.39, 0.29) is 52.8 Å². The molecule has 2 amide bonds. The summed E-state index contributed by atoms with van der Waals surface area (Å²) in [6, 6.07) is 5.22. The number of halogens is 2. The molecule has 2 aliphatic heterocycles. The third-order valence-electron chi connectivity index (χ3n) is 9.37. The molecule has 2 unspecified atom stereocenters. The molecule has 5 aromatic rings. The fourth-order valence-corrected chi connectivity index (χ4v) is 7.13. The lowest BCUT2D eigenvalue weighted by Gasteiger charge is -2.48. The molecule has 240 valence electrons. The third-order valence-corrected chi connectivity index (χ3v) is 9.37. The number of pyridine rings is 2. The molecule has 0 spiro atoms. The van der Waals surface area contributed by atoms with Crippen LogP contribution in [0.25, 0.3) is 38.6 Å². The van der Waals surface area contributed by atoms with E-state index in [4.69, 9.17) is 0 Å². The van der Waals surface area contributed by atoms with Gasteiger partial charge < -0.3 is 15.1 Å². The second kappa shape index (κ2) is 10.9. The maximum absolute atomic E-state index is 17.6. The Balaban J connectivity index is 1.63. The van der Waals surface area contributed by atoms with Crippen molar-refractivity contribution in [2.45, 2.75) is 52.6 Å². The van der Waals surface area contributed by atoms with Crippen molar-refractivity contribution in [1.29, 1.82) is 0 Å². The molecule has 1 fully saturated rings. The number of anilines is 2. The molecule has 0 saturated carbocycles. The minimum atomic E-state index is -0.934. The van der Waals surface area contributed by atoms with Crippen LogP contribution < -0.4 is 15.8 Å². The van der Waals surface area contributed by atoms with E-state index in [9.17, 15) is 14.4 Å². The smallest absolute Gasteiger partial charge is 0.281 e. The Morgan fingerprint density at radius 2 is 1.83 bits per heavy atom. The SMILES string of the molecule is C=CC(=O)N1CC2C(=O)Nc3c(c4cc(F)c(-c5c(C)ccc6[nH]ncc56)c(F)c4n(-c4c(C)ccnc4C(C)C)c3=O)N2CC1C. The van der Waals surface area contributed by atoms with Gasteiger partial charge in [0, 0.05) is 35.1 Å². The van der Waals surface area contributed by atoms with E-state index in [1.54, 1.807) is 43.1 Å².